The Morgan fingerprint density at radius 1 is 0.893 bits per heavy atom. The van der Waals surface area contributed by atoms with Crippen LogP contribution in [0.4, 0.5) is 11.6 Å². The van der Waals surface area contributed by atoms with Gasteiger partial charge in [-0.3, -0.25) is 0 Å². The highest BCUT2D eigenvalue weighted by atomic mass is 16.5. The highest BCUT2D eigenvalue weighted by Crippen LogP contribution is 2.27. The van der Waals surface area contributed by atoms with Crippen LogP contribution < -0.4 is 20.1 Å². The van der Waals surface area contributed by atoms with E-state index in [0.717, 1.165) is 49.1 Å². The van der Waals surface area contributed by atoms with Gasteiger partial charge in [-0.05, 0) is 56.2 Å². The molecule has 0 atom stereocenters. The molecule has 6 nitrogen and oxygen atoms in total. The molecule has 0 spiro atoms. The van der Waals surface area contributed by atoms with Crippen molar-refractivity contribution >= 4 is 11.6 Å². The summed E-state index contributed by atoms with van der Waals surface area (Å²) < 4.78 is 10.6. The van der Waals surface area contributed by atoms with Gasteiger partial charge in [0, 0.05) is 19.2 Å². The van der Waals surface area contributed by atoms with Gasteiger partial charge in [0.2, 0.25) is 0 Å². The van der Waals surface area contributed by atoms with Crippen molar-refractivity contribution in [1.82, 2.24) is 9.97 Å². The molecular weight excluding hydrogens is 352 g/mol. The number of hydrogen-bond donors (Lipinski definition) is 2. The molecule has 0 aliphatic heterocycles. The second-order valence-electron chi connectivity index (χ2n) is 6.94. The summed E-state index contributed by atoms with van der Waals surface area (Å²) in [6.07, 6.45) is 11.1. The fraction of sp³-hybridized carbons (Fsp3) is 0.455. The molecule has 1 heterocycles. The molecule has 1 aromatic heterocycles. The summed E-state index contributed by atoms with van der Waals surface area (Å²) in [6.45, 7) is 1.69. The normalized spacial score (nSPS) is 13.6. The third kappa shape index (κ3) is 5.87. The number of rotatable bonds is 10. The zero-order valence-electron chi connectivity index (χ0n) is 16.8. The van der Waals surface area contributed by atoms with Crippen LogP contribution in [0.1, 0.15) is 37.7 Å². The third-order valence-electron chi connectivity index (χ3n) is 4.97. The second kappa shape index (κ2) is 10.5. The van der Waals surface area contributed by atoms with Crippen LogP contribution in [0.25, 0.3) is 0 Å². The maximum atomic E-state index is 5.36. The lowest BCUT2D eigenvalue weighted by atomic mass is 9.97. The number of ether oxygens (including phenoxy) is 2. The standard InChI is InChI=1S/C22H30N4O2/c1-27-19-9-8-18(14-20(19)28-2)11-13-24-22-15-21(25-16-26-22)23-12-10-17-6-4-3-5-7-17/h6,8-9,14-16H,3-5,7,10-13H2,1-2H3,(H2,23,24,25,26). The average molecular weight is 383 g/mol. The molecule has 0 saturated carbocycles. The Bertz CT molecular complexity index is 792. The van der Waals surface area contributed by atoms with E-state index in [9.17, 15) is 0 Å². The summed E-state index contributed by atoms with van der Waals surface area (Å²) >= 11 is 0. The maximum absolute atomic E-state index is 5.36. The smallest absolute Gasteiger partial charge is 0.160 e. The van der Waals surface area contributed by atoms with E-state index in [1.165, 1.54) is 31.2 Å². The average Bonchev–Trinajstić information content (AvgIpc) is 2.75. The van der Waals surface area contributed by atoms with Gasteiger partial charge in [-0.1, -0.05) is 17.7 Å². The van der Waals surface area contributed by atoms with Gasteiger partial charge in [-0.15, -0.1) is 0 Å². The molecule has 0 radical (unpaired) electrons. The molecule has 6 heteroatoms. The topological polar surface area (TPSA) is 68.3 Å². The van der Waals surface area contributed by atoms with Crippen LogP contribution in [-0.4, -0.2) is 37.3 Å². The first-order valence-corrected chi connectivity index (χ1v) is 9.97. The number of aromatic nitrogens is 2. The van der Waals surface area contributed by atoms with Gasteiger partial charge in [0.05, 0.1) is 14.2 Å². The van der Waals surface area contributed by atoms with Gasteiger partial charge in [0.1, 0.15) is 18.0 Å². The van der Waals surface area contributed by atoms with Crippen molar-refractivity contribution in [1.29, 1.82) is 0 Å². The molecule has 1 aromatic carbocycles. The van der Waals surface area contributed by atoms with E-state index < -0.39 is 0 Å². The second-order valence-corrected chi connectivity index (χ2v) is 6.94. The first kappa shape index (κ1) is 20.0. The van der Waals surface area contributed by atoms with Crippen LogP contribution in [0.2, 0.25) is 0 Å². The molecule has 0 saturated heterocycles. The summed E-state index contributed by atoms with van der Waals surface area (Å²) in [5.41, 5.74) is 2.75. The van der Waals surface area contributed by atoms with Gasteiger partial charge in [-0.2, -0.15) is 0 Å². The Balaban J connectivity index is 1.46. The molecule has 0 amide bonds. The zero-order chi connectivity index (χ0) is 19.6. The summed E-state index contributed by atoms with van der Waals surface area (Å²) in [6, 6.07) is 7.95. The maximum Gasteiger partial charge on any atom is 0.160 e. The van der Waals surface area contributed by atoms with Gasteiger partial charge in [-0.25, -0.2) is 9.97 Å². The van der Waals surface area contributed by atoms with E-state index in [-0.39, 0.29) is 0 Å². The lowest BCUT2D eigenvalue weighted by Gasteiger charge is -2.13. The van der Waals surface area contributed by atoms with E-state index >= 15 is 0 Å². The molecule has 28 heavy (non-hydrogen) atoms. The number of methoxy groups -OCH3 is 2. The Morgan fingerprint density at radius 3 is 2.32 bits per heavy atom. The largest absolute Gasteiger partial charge is 0.493 e. The molecule has 1 aliphatic rings. The van der Waals surface area contributed by atoms with Crippen molar-refractivity contribution in [2.75, 3.05) is 37.9 Å². The van der Waals surface area contributed by atoms with E-state index in [2.05, 4.69) is 32.7 Å². The van der Waals surface area contributed by atoms with E-state index in [0.29, 0.717) is 0 Å². The van der Waals surface area contributed by atoms with Gasteiger partial charge in [0.25, 0.3) is 0 Å². The number of hydrogen-bond acceptors (Lipinski definition) is 6. The molecular formula is C22H30N4O2. The van der Waals surface area contributed by atoms with Crippen LogP contribution in [0.3, 0.4) is 0 Å². The van der Waals surface area contributed by atoms with Gasteiger partial charge >= 0.3 is 0 Å². The quantitative estimate of drug-likeness (QED) is 0.592. The van der Waals surface area contributed by atoms with E-state index in [4.69, 9.17) is 9.47 Å². The minimum absolute atomic E-state index is 0.745. The summed E-state index contributed by atoms with van der Waals surface area (Å²) in [5.74, 6) is 3.19. The first-order valence-electron chi connectivity index (χ1n) is 9.97. The molecule has 2 aromatic rings. The number of nitrogens with one attached hydrogen (secondary N) is 2. The number of nitrogens with zero attached hydrogens (tertiary/aromatic N) is 2. The Hall–Kier alpha value is -2.76. The van der Waals surface area contributed by atoms with Crippen molar-refractivity contribution < 1.29 is 9.47 Å². The van der Waals surface area contributed by atoms with E-state index in [1.54, 1.807) is 26.1 Å². The highest BCUT2D eigenvalue weighted by Gasteiger charge is 2.06. The molecule has 1 aliphatic carbocycles. The molecule has 3 rings (SSSR count). The molecule has 150 valence electrons. The van der Waals surface area contributed by atoms with Gasteiger partial charge < -0.3 is 20.1 Å². The van der Waals surface area contributed by atoms with E-state index in [1.807, 2.05) is 18.2 Å². The predicted octanol–water partition coefficient (Wildman–Crippen LogP) is 4.45. The summed E-state index contributed by atoms with van der Waals surface area (Å²) in [7, 11) is 3.30. The zero-order valence-corrected chi connectivity index (χ0v) is 16.8. The lowest BCUT2D eigenvalue weighted by Crippen LogP contribution is -2.09. The fourth-order valence-electron chi connectivity index (χ4n) is 3.40. The number of benzene rings is 1. The van der Waals surface area contributed by atoms with Crippen LogP contribution in [0, 0.1) is 0 Å². The van der Waals surface area contributed by atoms with Gasteiger partial charge in [0.15, 0.2) is 11.5 Å². The molecule has 0 bridgehead atoms. The third-order valence-corrected chi connectivity index (χ3v) is 4.97. The van der Waals surface area contributed by atoms with Crippen LogP contribution in [-0.2, 0) is 6.42 Å². The minimum atomic E-state index is 0.745. The van der Waals surface area contributed by atoms with Crippen molar-refractivity contribution in [2.24, 2.45) is 0 Å². The molecule has 0 unspecified atom stereocenters. The van der Waals surface area contributed by atoms with Crippen LogP contribution >= 0.6 is 0 Å². The SMILES string of the molecule is COc1ccc(CCNc2cc(NCCC3=CCCCC3)ncn2)cc1OC. The van der Waals surface area contributed by atoms with Crippen molar-refractivity contribution in [2.45, 2.75) is 38.5 Å². The highest BCUT2D eigenvalue weighted by molar-refractivity contribution is 5.47. The predicted molar refractivity (Wildman–Crippen MR) is 113 cm³/mol. The lowest BCUT2D eigenvalue weighted by molar-refractivity contribution is 0.354. The minimum Gasteiger partial charge on any atom is -0.493 e. The summed E-state index contributed by atoms with van der Waals surface area (Å²) in [5, 5.41) is 6.77. The van der Waals surface area contributed by atoms with Crippen molar-refractivity contribution in [3.05, 3.63) is 47.8 Å². The Kier molecular flexibility index (Phi) is 7.53. The monoisotopic (exact) mass is 382 g/mol. The number of allylic oxidation sites excluding steroid dienone is 1. The van der Waals surface area contributed by atoms with Crippen LogP contribution in [0.5, 0.6) is 11.5 Å². The molecule has 0 fully saturated rings. The van der Waals surface area contributed by atoms with Crippen molar-refractivity contribution in [3.8, 4) is 11.5 Å². The fourth-order valence-corrected chi connectivity index (χ4v) is 3.40. The number of anilines is 2. The van der Waals surface area contributed by atoms with Crippen molar-refractivity contribution in [3.63, 3.8) is 0 Å². The first-order chi connectivity index (χ1) is 13.8. The Morgan fingerprint density at radius 2 is 1.64 bits per heavy atom. The molecule has 2 N–H and O–H groups in total. The van der Waals surface area contributed by atoms with Crippen LogP contribution in [0.15, 0.2) is 42.2 Å². The Labute approximate surface area is 167 Å². The summed E-state index contributed by atoms with van der Waals surface area (Å²) in [4.78, 5) is 8.63.